The minimum atomic E-state index is -0.176. The molecule has 0 fully saturated rings. The van der Waals surface area contributed by atoms with E-state index in [2.05, 4.69) is 24.7 Å². The topological polar surface area (TPSA) is 50.1 Å². The Kier molecular flexibility index (Phi) is 5.13. The number of rotatable bonds is 5. The Morgan fingerprint density at radius 2 is 2.08 bits per heavy atom. The maximum atomic E-state index is 10.8. The first kappa shape index (κ1) is 12.0. The van der Waals surface area contributed by atoms with Crippen molar-refractivity contribution in [1.29, 1.82) is 5.26 Å². The fourth-order valence-corrected chi connectivity index (χ4v) is 1.06. The Labute approximate surface area is 79.7 Å². The molecule has 0 spiro atoms. The van der Waals surface area contributed by atoms with Crippen molar-refractivity contribution >= 4 is 5.97 Å². The number of ether oxygens (including phenoxy) is 1. The number of carbonyl (C=O) groups is 1. The summed E-state index contributed by atoms with van der Waals surface area (Å²) in [4.78, 5) is 10.8. The van der Waals surface area contributed by atoms with Gasteiger partial charge in [0.15, 0.2) is 0 Å². The number of hydrogen-bond donors (Lipinski definition) is 0. The van der Waals surface area contributed by atoms with Gasteiger partial charge in [-0.1, -0.05) is 13.8 Å². The molecular formula is C10H17NO2. The molecule has 0 N–H and O–H groups in total. The Bertz CT molecular complexity index is 203. The van der Waals surface area contributed by atoms with E-state index in [4.69, 9.17) is 5.26 Å². The highest BCUT2D eigenvalue weighted by atomic mass is 16.5. The molecule has 0 atom stereocenters. The summed E-state index contributed by atoms with van der Waals surface area (Å²) < 4.78 is 4.55. The van der Waals surface area contributed by atoms with Crippen molar-refractivity contribution in [3.63, 3.8) is 0 Å². The number of carbonyl (C=O) groups excluding carboxylic acids is 1. The lowest BCUT2D eigenvalue weighted by atomic mass is 9.83. The standard InChI is InChI=1S/C10H17NO2/c1-10(2,6-4-8-11)7-5-9(12)13-3/h4-7H2,1-3H3. The van der Waals surface area contributed by atoms with Gasteiger partial charge in [-0.25, -0.2) is 0 Å². The zero-order chi connectivity index (χ0) is 10.3. The molecule has 0 unspecified atom stereocenters. The Morgan fingerprint density at radius 3 is 2.54 bits per heavy atom. The van der Waals surface area contributed by atoms with E-state index in [1.54, 1.807) is 0 Å². The van der Waals surface area contributed by atoms with Crippen molar-refractivity contribution in [3.8, 4) is 6.07 Å². The van der Waals surface area contributed by atoms with Crippen LogP contribution < -0.4 is 0 Å². The van der Waals surface area contributed by atoms with Crippen molar-refractivity contribution in [2.24, 2.45) is 5.41 Å². The van der Waals surface area contributed by atoms with E-state index in [1.807, 2.05) is 0 Å². The monoisotopic (exact) mass is 183 g/mol. The molecule has 3 nitrogen and oxygen atoms in total. The van der Waals surface area contributed by atoms with Gasteiger partial charge in [0, 0.05) is 12.8 Å². The molecule has 0 saturated heterocycles. The van der Waals surface area contributed by atoms with Gasteiger partial charge in [0.05, 0.1) is 13.2 Å². The third-order valence-electron chi connectivity index (χ3n) is 2.15. The van der Waals surface area contributed by atoms with Crippen LogP contribution in [0.15, 0.2) is 0 Å². The van der Waals surface area contributed by atoms with E-state index < -0.39 is 0 Å². The van der Waals surface area contributed by atoms with Crippen LogP contribution >= 0.6 is 0 Å². The second-order valence-electron chi connectivity index (χ2n) is 3.90. The number of nitriles is 1. The molecule has 0 aromatic carbocycles. The third kappa shape index (κ3) is 6.15. The summed E-state index contributed by atoms with van der Waals surface area (Å²) in [6, 6.07) is 2.11. The highest BCUT2D eigenvalue weighted by molar-refractivity contribution is 5.69. The van der Waals surface area contributed by atoms with Gasteiger partial charge < -0.3 is 4.74 Å². The number of nitrogens with zero attached hydrogens (tertiary/aromatic N) is 1. The second kappa shape index (κ2) is 5.58. The van der Waals surface area contributed by atoms with Crippen LogP contribution in [0.2, 0.25) is 0 Å². The first-order valence-electron chi connectivity index (χ1n) is 4.45. The Morgan fingerprint density at radius 1 is 1.46 bits per heavy atom. The molecule has 0 amide bonds. The van der Waals surface area contributed by atoms with Gasteiger partial charge in [-0.3, -0.25) is 4.79 Å². The van der Waals surface area contributed by atoms with Crippen LogP contribution in [0.5, 0.6) is 0 Å². The summed E-state index contributed by atoms with van der Waals surface area (Å²) in [5.41, 5.74) is 0.0594. The summed E-state index contributed by atoms with van der Waals surface area (Å²) in [6.07, 6.45) is 2.60. The van der Waals surface area contributed by atoms with Gasteiger partial charge in [-0.15, -0.1) is 0 Å². The quantitative estimate of drug-likeness (QED) is 0.614. The second-order valence-corrected chi connectivity index (χ2v) is 3.90. The molecule has 0 aromatic heterocycles. The average molecular weight is 183 g/mol. The fraction of sp³-hybridized carbons (Fsp3) is 0.800. The molecule has 3 heteroatoms. The van der Waals surface area contributed by atoms with E-state index >= 15 is 0 Å². The van der Waals surface area contributed by atoms with E-state index in [0.29, 0.717) is 12.8 Å². The highest BCUT2D eigenvalue weighted by Crippen LogP contribution is 2.27. The molecule has 0 aliphatic carbocycles. The lowest BCUT2D eigenvalue weighted by molar-refractivity contribution is -0.141. The third-order valence-corrected chi connectivity index (χ3v) is 2.15. The predicted octanol–water partition coefficient (Wildman–Crippen LogP) is 2.27. The van der Waals surface area contributed by atoms with Crippen LogP contribution in [0.25, 0.3) is 0 Å². The van der Waals surface area contributed by atoms with Crippen molar-refractivity contribution in [2.75, 3.05) is 7.11 Å². The average Bonchev–Trinajstić information content (AvgIpc) is 2.11. The van der Waals surface area contributed by atoms with Gasteiger partial charge in [0.1, 0.15) is 0 Å². The lowest BCUT2D eigenvalue weighted by Crippen LogP contribution is -2.14. The molecule has 0 saturated carbocycles. The van der Waals surface area contributed by atoms with Crippen molar-refractivity contribution in [2.45, 2.75) is 39.5 Å². The zero-order valence-electron chi connectivity index (χ0n) is 8.59. The van der Waals surface area contributed by atoms with Crippen LogP contribution in [-0.2, 0) is 9.53 Å². The molecule has 74 valence electrons. The zero-order valence-corrected chi connectivity index (χ0v) is 8.59. The lowest BCUT2D eigenvalue weighted by Gasteiger charge is -2.22. The maximum absolute atomic E-state index is 10.8. The van der Waals surface area contributed by atoms with Crippen molar-refractivity contribution in [3.05, 3.63) is 0 Å². The van der Waals surface area contributed by atoms with E-state index in [-0.39, 0.29) is 11.4 Å². The summed E-state index contributed by atoms with van der Waals surface area (Å²) in [5.74, 6) is -0.176. The molecule has 0 rings (SSSR count). The molecule has 0 heterocycles. The summed E-state index contributed by atoms with van der Waals surface area (Å²) in [6.45, 7) is 4.13. The van der Waals surface area contributed by atoms with Crippen LogP contribution in [0.4, 0.5) is 0 Å². The largest absolute Gasteiger partial charge is 0.469 e. The first-order valence-corrected chi connectivity index (χ1v) is 4.45. The number of hydrogen-bond acceptors (Lipinski definition) is 3. The summed E-state index contributed by atoms with van der Waals surface area (Å²) in [7, 11) is 1.39. The smallest absolute Gasteiger partial charge is 0.305 e. The van der Waals surface area contributed by atoms with E-state index in [9.17, 15) is 4.79 Å². The van der Waals surface area contributed by atoms with Gasteiger partial charge in [-0.05, 0) is 18.3 Å². The van der Waals surface area contributed by atoms with Crippen LogP contribution in [0, 0.1) is 16.7 Å². The molecule has 0 aliphatic heterocycles. The molecular weight excluding hydrogens is 166 g/mol. The van der Waals surface area contributed by atoms with Gasteiger partial charge in [0.25, 0.3) is 0 Å². The number of methoxy groups -OCH3 is 1. The van der Waals surface area contributed by atoms with E-state index in [1.165, 1.54) is 7.11 Å². The summed E-state index contributed by atoms with van der Waals surface area (Å²) >= 11 is 0. The van der Waals surface area contributed by atoms with Gasteiger partial charge in [0.2, 0.25) is 0 Å². The molecule has 0 aliphatic rings. The van der Waals surface area contributed by atoms with Crippen LogP contribution in [0.3, 0.4) is 0 Å². The van der Waals surface area contributed by atoms with Crippen LogP contribution in [0.1, 0.15) is 39.5 Å². The summed E-state index contributed by atoms with van der Waals surface area (Å²) in [5, 5.41) is 8.41. The Hall–Kier alpha value is -1.04. The number of esters is 1. The van der Waals surface area contributed by atoms with Crippen LogP contribution in [-0.4, -0.2) is 13.1 Å². The fourth-order valence-electron chi connectivity index (χ4n) is 1.06. The first-order chi connectivity index (χ1) is 6.02. The Balaban J connectivity index is 3.75. The maximum Gasteiger partial charge on any atom is 0.305 e. The molecule has 0 radical (unpaired) electrons. The highest BCUT2D eigenvalue weighted by Gasteiger charge is 2.18. The van der Waals surface area contributed by atoms with Gasteiger partial charge >= 0.3 is 5.97 Å². The molecule has 0 aromatic rings. The normalized spacial score (nSPS) is 10.6. The van der Waals surface area contributed by atoms with Crippen molar-refractivity contribution < 1.29 is 9.53 Å². The minimum absolute atomic E-state index is 0.0594. The molecule has 0 bridgehead atoms. The van der Waals surface area contributed by atoms with Crippen molar-refractivity contribution in [1.82, 2.24) is 0 Å². The molecule has 13 heavy (non-hydrogen) atoms. The van der Waals surface area contributed by atoms with Gasteiger partial charge in [-0.2, -0.15) is 5.26 Å². The minimum Gasteiger partial charge on any atom is -0.469 e. The predicted molar refractivity (Wildman–Crippen MR) is 49.9 cm³/mol. The van der Waals surface area contributed by atoms with E-state index in [0.717, 1.165) is 12.8 Å². The SMILES string of the molecule is COC(=O)CCC(C)(C)CCC#N.